The van der Waals surface area contributed by atoms with Gasteiger partial charge in [-0.2, -0.15) is 0 Å². The molecule has 0 spiro atoms. The summed E-state index contributed by atoms with van der Waals surface area (Å²) in [5.74, 6) is 0.860. The molecule has 4 heteroatoms. The lowest BCUT2D eigenvalue weighted by Gasteiger charge is -2.22. The van der Waals surface area contributed by atoms with E-state index in [0.29, 0.717) is 12.7 Å². The van der Waals surface area contributed by atoms with Crippen LogP contribution in [0.5, 0.6) is 5.75 Å². The van der Waals surface area contributed by atoms with Gasteiger partial charge in [-0.05, 0) is 36.6 Å². The van der Waals surface area contributed by atoms with Crippen LogP contribution in [0.15, 0.2) is 22.7 Å². The van der Waals surface area contributed by atoms with E-state index in [9.17, 15) is 0 Å². The van der Waals surface area contributed by atoms with Crippen molar-refractivity contribution in [3.8, 4) is 5.75 Å². The van der Waals surface area contributed by atoms with Crippen LogP contribution in [-0.4, -0.2) is 26.4 Å². The van der Waals surface area contributed by atoms with Crippen molar-refractivity contribution >= 4 is 15.9 Å². The molecule has 0 aliphatic carbocycles. The highest BCUT2D eigenvalue weighted by atomic mass is 79.9. The van der Waals surface area contributed by atoms with E-state index in [4.69, 9.17) is 14.2 Å². The molecule has 1 saturated heterocycles. The minimum atomic E-state index is 0.321. The standard InChI is InChI=1S/C13H17BrO3/c1-15-12-2-3-13(14)10(8-12)9-17-11-4-6-16-7-5-11/h2-3,8,11H,4-7,9H2,1H3. The summed E-state index contributed by atoms with van der Waals surface area (Å²) in [6, 6.07) is 5.92. The molecule has 1 heterocycles. The molecule has 0 atom stereocenters. The first kappa shape index (κ1) is 12.9. The Kier molecular flexibility index (Phi) is 4.83. The smallest absolute Gasteiger partial charge is 0.119 e. The number of methoxy groups -OCH3 is 1. The Morgan fingerprint density at radius 2 is 2.12 bits per heavy atom. The van der Waals surface area contributed by atoms with Gasteiger partial charge >= 0.3 is 0 Å². The van der Waals surface area contributed by atoms with Crippen LogP contribution in [0.3, 0.4) is 0 Å². The highest BCUT2D eigenvalue weighted by Gasteiger charge is 2.14. The number of rotatable bonds is 4. The number of benzene rings is 1. The lowest BCUT2D eigenvalue weighted by molar-refractivity contribution is -0.0392. The van der Waals surface area contributed by atoms with Crippen molar-refractivity contribution in [3.05, 3.63) is 28.2 Å². The molecule has 0 amide bonds. The Bertz CT molecular complexity index is 362. The van der Waals surface area contributed by atoms with Gasteiger partial charge in [-0.3, -0.25) is 0 Å². The minimum Gasteiger partial charge on any atom is -0.497 e. The first-order chi connectivity index (χ1) is 8.29. The predicted molar refractivity (Wildman–Crippen MR) is 69.3 cm³/mol. The van der Waals surface area contributed by atoms with Crippen LogP contribution in [0.2, 0.25) is 0 Å². The largest absolute Gasteiger partial charge is 0.497 e. The third kappa shape index (κ3) is 3.69. The molecule has 0 N–H and O–H groups in total. The molecule has 1 aromatic rings. The van der Waals surface area contributed by atoms with Crippen molar-refractivity contribution in [2.24, 2.45) is 0 Å². The van der Waals surface area contributed by atoms with Gasteiger partial charge in [0.1, 0.15) is 5.75 Å². The number of halogens is 1. The zero-order chi connectivity index (χ0) is 12.1. The van der Waals surface area contributed by atoms with Crippen molar-refractivity contribution in [2.45, 2.75) is 25.6 Å². The van der Waals surface area contributed by atoms with Crippen molar-refractivity contribution in [3.63, 3.8) is 0 Å². The average molecular weight is 301 g/mol. The van der Waals surface area contributed by atoms with Gasteiger partial charge in [0.25, 0.3) is 0 Å². The van der Waals surface area contributed by atoms with Crippen molar-refractivity contribution in [1.29, 1.82) is 0 Å². The zero-order valence-electron chi connectivity index (χ0n) is 9.95. The maximum atomic E-state index is 5.88. The van der Waals surface area contributed by atoms with Crippen LogP contribution < -0.4 is 4.74 Å². The molecule has 1 fully saturated rings. The normalized spacial score (nSPS) is 17.1. The Hall–Kier alpha value is -0.580. The molecular weight excluding hydrogens is 284 g/mol. The number of ether oxygens (including phenoxy) is 3. The minimum absolute atomic E-state index is 0.321. The second-order valence-corrected chi connectivity index (χ2v) is 4.93. The van der Waals surface area contributed by atoms with E-state index < -0.39 is 0 Å². The first-order valence-corrected chi connectivity index (χ1v) is 6.60. The quantitative estimate of drug-likeness (QED) is 0.855. The third-order valence-electron chi connectivity index (χ3n) is 2.90. The Labute approximate surface area is 110 Å². The molecule has 0 aromatic heterocycles. The Morgan fingerprint density at radius 1 is 1.35 bits per heavy atom. The van der Waals surface area contributed by atoms with E-state index in [2.05, 4.69) is 15.9 Å². The van der Waals surface area contributed by atoms with E-state index in [-0.39, 0.29) is 0 Å². The molecule has 0 unspecified atom stereocenters. The van der Waals surface area contributed by atoms with Gasteiger partial charge in [-0.15, -0.1) is 0 Å². The molecule has 1 aliphatic rings. The van der Waals surface area contributed by atoms with Crippen LogP contribution in [0.25, 0.3) is 0 Å². The zero-order valence-corrected chi connectivity index (χ0v) is 11.5. The fraction of sp³-hybridized carbons (Fsp3) is 0.538. The van der Waals surface area contributed by atoms with Crippen LogP contribution in [0.4, 0.5) is 0 Å². The first-order valence-electron chi connectivity index (χ1n) is 5.81. The summed E-state index contributed by atoms with van der Waals surface area (Å²) in [5, 5.41) is 0. The summed E-state index contributed by atoms with van der Waals surface area (Å²) < 4.78 is 17.5. The Balaban J connectivity index is 1.92. The average Bonchev–Trinajstić information content (AvgIpc) is 2.39. The fourth-order valence-corrected chi connectivity index (χ4v) is 2.20. The summed E-state index contributed by atoms with van der Waals surface area (Å²) in [6.45, 7) is 2.23. The lowest BCUT2D eigenvalue weighted by atomic mass is 10.1. The molecule has 2 rings (SSSR count). The molecule has 3 nitrogen and oxygen atoms in total. The Morgan fingerprint density at radius 3 is 2.82 bits per heavy atom. The molecular formula is C13H17BrO3. The fourth-order valence-electron chi connectivity index (χ4n) is 1.84. The van der Waals surface area contributed by atoms with Gasteiger partial charge in [0.2, 0.25) is 0 Å². The molecule has 1 aliphatic heterocycles. The summed E-state index contributed by atoms with van der Waals surface area (Å²) in [5.41, 5.74) is 1.12. The van der Waals surface area contributed by atoms with Crippen molar-refractivity contribution in [2.75, 3.05) is 20.3 Å². The van der Waals surface area contributed by atoms with E-state index in [1.807, 2.05) is 18.2 Å². The van der Waals surface area contributed by atoms with Gasteiger partial charge < -0.3 is 14.2 Å². The maximum Gasteiger partial charge on any atom is 0.119 e. The van der Waals surface area contributed by atoms with E-state index >= 15 is 0 Å². The second kappa shape index (κ2) is 6.38. The topological polar surface area (TPSA) is 27.7 Å². The van der Waals surface area contributed by atoms with Crippen molar-refractivity contribution in [1.82, 2.24) is 0 Å². The monoisotopic (exact) mass is 300 g/mol. The lowest BCUT2D eigenvalue weighted by Crippen LogP contribution is -2.23. The van der Waals surface area contributed by atoms with E-state index in [1.54, 1.807) is 7.11 Å². The summed E-state index contributed by atoms with van der Waals surface area (Å²) in [4.78, 5) is 0. The second-order valence-electron chi connectivity index (χ2n) is 4.08. The SMILES string of the molecule is COc1ccc(Br)c(COC2CCOCC2)c1. The summed E-state index contributed by atoms with van der Waals surface area (Å²) >= 11 is 3.52. The van der Waals surface area contributed by atoms with Gasteiger partial charge in [0, 0.05) is 17.7 Å². The molecule has 94 valence electrons. The highest BCUT2D eigenvalue weighted by molar-refractivity contribution is 9.10. The van der Waals surface area contributed by atoms with E-state index in [1.165, 1.54) is 0 Å². The van der Waals surface area contributed by atoms with Gasteiger partial charge in [0.05, 0.1) is 19.8 Å². The molecule has 17 heavy (non-hydrogen) atoms. The molecule has 1 aromatic carbocycles. The van der Waals surface area contributed by atoms with Crippen molar-refractivity contribution < 1.29 is 14.2 Å². The molecule has 0 saturated carbocycles. The predicted octanol–water partition coefficient (Wildman–Crippen LogP) is 3.15. The molecule has 0 bridgehead atoms. The highest BCUT2D eigenvalue weighted by Crippen LogP contribution is 2.24. The van der Waals surface area contributed by atoms with Crippen LogP contribution in [0, 0.1) is 0 Å². The summed E-state index contributed by atoms with van der Waals surface area (Å²) in [7, 11) is 1.67. The maximum absolute atomic E-state index is 5.88. The van der Waals surface area contributed by atoms with Gasteiger partial charge in [0.15, 0.2) is 0 Å². The summed E-state index contributed by atoms with van der Waals surface area (Å²) in [6.07, 6.45) is 2.30. The van der Waals surface area contributed by atoms with Gasteiger partial charge in [-0.1, -0.05) is 15.9 Å². The molecule has 0 radical (unpaired) electrons. The van der Waals surface area contributed by atoms with E-state index in [0.717, 1.165) is 41.8 Å². The number of hydrogen-bond donors (Lipinski definition) is 0. The van der Waals surface area contributed by atoms with Gasteiger partial charge in [-0.25, -0.2) is 0 Å². The number of hydrogen-bond acceptors (Lipinski definition) is 3. The van der Waals surface area contributed by atoms with Crippen LogP contribution >= 0.6 is 15.9 Å². The third-order valence-corrected chi connectivity index (χ3v) is 3.67. The van der Waals surface area contributed by atoms with Crippen LogP contribution in [0.1, 0.15) is 18.4 Å². The van der Waals surface area contributed by atoms with Crippen LogP contribution in [-0.2, 0) is 16.1 Å².